The van der Waals surface area contributed by atoms with Crippen LogP contribution in [0.15, 0.2) is 79.1 Å². The van der Waals surface area contributed by atoms with Crippen LogP contribution in [0, 0.1) is 0 Å². The molecule has 4 aromatic rings. The van der Waals surface area contributed by atoms with Crippen molar-refractivity contribution in [2.24, 2.45) is 0 Å². The van der Waals surface area contributed by atoms with Crippen LogP contribution in [0.1, 0.15) is 12.5 Å². The lowest BCUT2D eigenvalue weighted by Crippen LogP contribution is -2.05. The summed E-state index contributed by atoms with van der Waals surface area (Å²) in [5, 5.41) is 2.73. The number of anilines is 2. The molecule has 4 rings (SSSR count). The standard InChI is InChI=1S/C26H24N4O4/c1-17(31)30-20-9-6-10-21(14-20)34-26-24(25(27)28-16-29-26)19-11-12-22(23(13-19)32-2)33-15-18-7-4-3-5-8-18/h3-14,16H,15H2,1-2H3,(H,30,31)(H2,27,28,29). The number of nitrogen functional groups attached to an aromatic ring is 1. The lowest BCUT2D eigenvalue weighted by molar-refractivity contribution is -0.114. The summed E-state index contributed by atoms with van der Waals surface area (Å²) in [6, 6.07) is 22.3. The Labute approximate surface area is 197 Å². The quantitative estimate of drug-likeness (QED) is 0.381. The van der Waals surface area contributed by atoms with E-state index in [1.54, 1.807) is 37.4 Å². The van der Waals surface area contributed by atoms with Crippen molar-refractivity contribution in [3.63, 3.8) is 0 Å². The molecule has 8 heteroatoms. The molecule has 34 heavy (non-hydrogen) atoms. The minimum absolute atomic E-state index is 0.175. The van der Waals surface area contributed by atoms with Crippen molar-refractivity contribution in [2.75, 3.05) is 18.2 Å². The average molecular weight is 457 g/mol. The van der Waals surface area contributed by atoms with Crippen molar-refractivity contribution >= 4 is 17.4 Å². The smallest absolute Gasteiger partial charge is 0.232 e. The monoisotopic (exact) mass is 456 g/mol. The number of amides is 1. The molecule has 0 aliphatic rings. The number of nitrogens with one attached hydrogen (secondary N) is 1. The van der Waals surface area contributed by atoms with E-state index in [1.807, 2.05) is 42.5 Å². The number of benzene rings is 3. The van der Waals surface area contributed by atoms with Crippen molar-refractivity contribution in [2.45, 2.75) is 13.5 Å². The van der Waals surface area contributed by atoms with E-state index in [4.69, 9.17) is 19.9 Å². The highest BCUT2D eigenvalue weighted by Crippen LogP contribution is 2.39. The minimum Gasteiger partial charge on any atom is -0.493 e. The summed E-state index contributed by atoms with van der Waals surface area (Å²) in [6.45, 7) is 1.85. The first-order valence-electron chi connectivity index (χ1n) is 10.5. The predicted molar refractivity (Wildman–Crippen MR) is 130 cm³/mol. The second-order valence-electron chi connectivity index (χ2n) is 7.39. The van der Waals surface area contributed by atoms with Crippen LogP contribution < -0.4 is 25.3 Å². The maximum absolute atomic E-state index is 11.4. The molecule has 0 aliphatic carbocycles. The number of aromatic nitrogens is 2. The first kappa shape index (κ1) is 22.6. The molecule has 1 aromatic heterocycles. The van der Waals surface area contributed by atoms with Crippen LogP contribution in [0.2, 0.25) is 0 Å². The Balaban J connectivity index is 1.62. The van der Waals surface area contributed by atoms with Crippen LogP contribution in [-0.4, -0.2) is 23.0 Å². The van der Waals surface area contributed by atoms with Gasteiger partial charge in [0.2, 0.25) is 11.8 Å². The van der Waals surface area contributed by atoms with E-state index >= 15 is 0 Å². The molecule has 0 fully saturated rings. The molecule has 172 valence electrons. The van der Waals surface area contributed by atoms with Gasteiger partial charge in [-0.15, -0.1) is 0 Å². The summed E-state index contributed by atoms with van der Waals surface area (Å²) >= 11 is 0. The summed E-state index contributed by atoms with van der Waals surface area (Å²) in [5.41, 5.74) is 9.08. The van der Waals surface area contributed by atoms with E-state index in [0.29, 0.717) is 40.7 Å². The SMILES string of the molecule is COc1cc(-c2c(N)ncnc2Oc2cccc(NC(C)=O)c2)ccc1OCc1ccccc1. The van der Waals surface area contributed by atoms with E-state index < -0.39 is 0 Å². The normalized spacial score (nSPS) is 10.4. The van der Waals surface area contributed by atoms with Crippen LogP contribution in [0.25, 0.3) is 11.1 Å². The molecular formula is C26H24N4O4. The fourth-order valence-electron chi connectivity index (χ4n) is 3.36. The van der Waals surface area contributed by atoms with Crippen molar-refractivity contribution in [3.05, 3.63) is 84.7 Å². The minimum atomic E-state index is -0.175. The molecule has 0 aliphatic heterocycles. The van der Waals surface area contributed by atoms with Gasteiger partial charge in [0.25, 0.3) is 0 Å². The molecular weight excluding hydrogens is 432 g/mol. The first-order chi connectivity index (χ1) is 16.5. The third-order valence-electron chi connectivity index (χ3n) is 4.90. The number of ether oxygens (including phenoxy) is 3. The third-order valence-corrected chi connectivity index (χ3v) is 4.90. The van der Waals surface area contributed by atoms with E-state index in [-0.39, 0.29) is 17.6 Å². The lowest BCUT2D eigenvalue weighted by atomic mass is 10.1. The second-order valence-corrected chi connectivity index (χ2v) is 7.39. The lowest BCUT2D eigenvalue weighted by Gasteiger charge is -2.15. The van der Waals surface area contributed by atoms with Gasteiger partial charge in [0, 0.05) is 18.7 Å². The molecule has 3 aromatic carbocycles. The number of carbonyl (C=O) groups is 1. The molecule has 0 spiro atoms. The van der Waals surface area contributed by atoms with Gasteiger partial charge in [-0.05, 0) is 35.4 Å². The van der Waals surface area contributed by atoms with Crippen molar-refractivity contribution in [3.8, 4) is 34.3 Å². The molecule has 3 N–H and O–H groups in total. The van der Waals surface area contributed by atoms with Crippen molar-refractivity contribution in [1.29, 1.82) is 0 Å². The maximum Gasteiger partial charge on any atom is 0.232 e. The summed E-state index contributed by atoms with van der Waals surface area (Å²) in [6.07, 6.45) is 1.33. The number of hydrogen-bond acceptors (Lipinski definition) is 7. The molecule has 1 heterocycles. The molecule has 0 saturated heterocycles. The number of carbonyl (C=O) groups excluding carboxylic acids is 1. The van der Waals surface area contributed by atoms with Gasteiger partial charge in [0.05, 0.1) is 12.7 Å². The van der Waals surface area contributed by atoms with E-state index in [2.05, 4.69) is 15.3 Å². The fraction of sp³-hybridized carbons (Fsp3) is 0.115. The number of hydrogen-bond donors (Lipinski definition) is 2. The number of methoxy groups -OCH3 is 1. The Morgan fingerprint density at radius 2 is 1.79 bits per heavy atom. The molecule has 0 radical (unpaired) electrons. The zero-order valence-electron chi connectivity index (χ0n) is 18.8. The Bertz CT molecular complexity index is 1300. The Hall–Kier alpha value is -4.59. The fourth-order valence-corrected chi connectivity index (χ4v) is 3.36. The van der Waals surface area contributed by atoms with Gasteiger partial charge in [-0.1, -0.05) is 42.5 Å². The Morgan fingerprint density at radius 1 is 0.971 bits per heavy atom. The summed E-state index contributed by atoms with van der Waals surface area (Å²) in [7, 11) is 1.57. The van der Waals surface area contributed by atoms with Gasteiger partial charge in [0.1, 0.15) is 24.5 Å². The molecule has 0 bridgehead atoms. The van der Waals surface area contributed by atoms with Crippen molar-refractivity contribution < 1.29 is 19.0 Å². The van der Waals surface area contributed by atoms with Crippen LogP contribution in [0.4, 0.5) is 11.5 Å². The van der Waals surface area contributed by atoms with Crippen molar-refractivity contribution in [1.82, 2.24) is 9.97 Å². The molecule has 1 amide bonds. The van der Waals surface area contributed by atoms with Crippen LogP contribution in [0.5, 0.6) is 23.1 Å². The first-order valence-corrected chi connectivity index (χ1v) is 10.5. The van der Waals surface area contributed by atoms with Crippen LogP contribution in [0.3, 0.4) is 0 Å². The number of nitrogens with two attached hydrogens (primary N) is 1. The largest absolute Gasteiger partial charge is 0.493 e. The zero-order valence-corrected chi connectivity index (χ0v) is 18.8. The molecule has 0 unspecified atom stereocenters. The topological polar surface area (TPSA) is 109 Å². The highest BCUT2D eigenvalue weighted by Gasteiger charge is 2.17. The van der Waals surface area contributed by atoms with Gasteiger partial charge >= 0.3 is 0 Å². The highest BCUT2D eigenvalue weighted by atomic mass is 16.5. The van der Waals surface area contributed by atoms with Crippen LogP contribution >= 0.6 is 0 Å². The van der Waals surface area contributed by atoms with E-state index in [9.17, 15) is 4.79 Å². The summed E-state index contributed by atoms with van der Waals surface area (Å²) < 4.78 is 17.5. The Kier molecular flexibility index (Phi) is 6.88. The van der Waals surface area contributed by atoms with Crippen LogP contribution in [-0.2, 0) is 11.4 Å². The predicted octanol–water partition coefficient (Wildman–Crippen LogP) is 5.06. The zero-order chi connectivity index (χ0) is 23.9. The van der Waals surface area contributed by atoms with Gasteiger partial charge < -0.3 is 25.3 Å². The molecule has 8 nitrogen and oxygen atoms in total. The second kappa shape index (κ2) is 10.4. The van der Waals surface area contributed by atoms with E-state index in [1.165, 1.54) is 13.3 Å². The number of nitrogens with zero attached hydrogens (tertiary/aromatic N) is 2. The third kappa shape index (κ3) is 5.42. The Morgan fingerprint density at radius 3 is 2.56 bits per heavy atom. The highest BCUT2D eigenvalue weighted by molar-refractivity contribution is 5.88. The maximum atomic E-state index is 11.4. The number of rotatable bonds is 8. The van der Waals surface area contributed by atoms with Gasteiger partial charge in [-0.3, -0.25) is 4.79 Å². The van der Waals surface area contributed by atoms with Gasteiger partial charge in [0.15, 0.2) is 11.5 Å². The summed E-state index contributed by atoms with van der Waals surface area (Å²) in [5.74, 6) is 1.97. The van der Waals surface area contributed by atoms with Gasteiger partial charge in [-0.25, -0.2) is 9.97 Å². The molecule has 0 atom stereocenters. The summed E-state index contributed by atoms with van der Waals surface area (Å²) in [4.78, 5) is 19.8. The van der Waals surface area contributed by atoms with Gasteiger partial charge in [-0.2, -0.15) is 0 Å². The van der Waals surface area contributed by atoms with E-state index in [0.717, 1.165) is 5.56 Å². The molecule has 0 saturated carbocycles. The average Bonchev–Trinajstić information content (AvgIpc) is 2.83.